The van der Waals surface area contributed by atoms with E-state index in [-0.39, 0.29) is 0 Å². The number of nitrogens with zero attached hydrogens (tertiary/aromatic N) is 2. The lowest BCUT2D eigenvalue weighted by molar-refractivity contribution is 0.0601. The van der Waals surface area contributed by atoms with Crippen LogP contribution in [0.3, 0.4) is 0 Å². The Balaban J connectivity index is 2.36. The third-order valence-corrected chi connectivity index (χ3v) is 4.29. The monoisotopic (exact) mass is 295 g/mol. The fourth-order valence-electron chi connectivity index (χ4n) is 1.52. The molecule has 19 heavy (non-hydrogen) atoms. The zero-order valence-electron chi connectivity index (χ0n) is 10.8. The van der Waals surface area contributed by atoms with Crippen LogP contribution in [0.25, 0.3) is 0 Å². The number of rotatable bonds is 3. The van der Waals surface area contributed by atoms with E-state index in [4.69, 9.17) is 10.5 Å². The molecule has 2 rings (SSSR count). The summed E-state index contributed by atoms with van der Waals surface area (Å²) < 4.78 is 9.68. The number of esters is 1. The molecule has 0 fully saturated rings. The van der Waals surface area contributed by atoms with Crippen molar-refractivity contribution in [2.45, 2.75) is 23.1 Å². The first kappa shape index (κ1) is 13.8. The smallest absolute Gasteiger partial charge is 0.340 e. The van der Waals surface area contributed by atoms with Gasteiger partial charge in [-0.1, -0.05) is 11.8 Å². The molecular weight excluding hydrogens is 282 g/mol. The predicted molar refractivity (Wildman–Crippen MR) is 75.7 cm³/mol. The first-order chi connectivity index (χ1) is 9.01. The summed E-state index contributed by atoms with van der Waals surface area (Å²) in [7, 11) is 1.34. The zero-order valence-corrected chi connectivity index (χ0v) is 12.4. The second-order valence-corrected chi connectivity index (χ2v) is 5.98. The number of aryl methyl sites for hydroxylation is 2. The number of aromatic nitrogens is 2. The number of nitrogen functional groups attached to an aromatic ring is 1. The maximum Gasteiger partial charge on any atom is 0.340 e. The molecule has 1 aromatic heterocycles. The summed E-state index contributed by atoms with van der Waals surface area (Å²) in [4.78, 5) is 16.8. The van der Waals surface area contributed by atoms with Gasteiger partial charge in [0, 0.05) is 10.6 Å². The van der Waals surface area contributed by atoms with Gasteiger partial charge in [0.1, 0.15) is 5.82 Å². The van der Waals surface area contributed by atoms with Gasteiger partial charge in [0.15, 0.2) is 4.34 Å². The number of carbonyl (C=O) groups is 1. The van der Waals surface area contributed by atoms with Crippen LogP contribution in [-0.2, 0) is 4.74 Å². The largest absolute Gasteiger partial charge is 0.465 e. The number of hydrogen-bond acceptors (Lipinski definition) is 7. The van der Waals surface area contributed by atoms with Crippen LogP contribution in [-0.4, -0.2) is 22.4 Å². The van der Waals surface area contributed by atoms with Crippen LogP contribution >= 0.6 is 23.3 Å². The maximum atomic E-state index is 11.7. The molecule has 7 heteroatoms. The van der Waals surface area contributed by atoms with Crippen LogP contribution in [0.1, 0.15) is 21.7 Å². The second kappa shape index (κ2) is 5.58. The molecule has 2 N–H and O–H groups in total. The Kier molecular flexibility index (Phi) is 4.06. The van der Waals surface area contributed by atoms with Crippen LogP contribution in [0, 0.1) is 13.8 Å². The first-order valence-corrected chi connectivity index (χ1v) is 7.07. The summed E-state index contributed by atoms with van der Waals surface area (Å²) in [5.41, 5.74) is 7.56. The van der Waals surface area contributed by atoms with Crippen LogP contribution in [0.5, 0.6) is 0 Å². The second-order valence-electron chi connectivity index (χ2n) is 3.90. The molecule has 0 aliphatic rings. The third-order valence-electron chi connectivity index (χ3n) is 2.48. The lowest BCUT2D eigenvalue weighted by Crippen LogP contribution is -2.07. The van der Waals surface area contributed by atoms with Gasteiger partial charge < -0.3 is 10.5 Å². The van der Waals surface area contributed by atoms with Gasteiger partial charge in [-0.25, -0.2) is 9.78 Å². The molecule has 100 valence electrons. The fraction of sp³-hybridized carbons (Fsp3) is 0.250. The molecule has 0 saturated carbocycles. The molecule has 5 nitrogen and oxygen atoms in total. The molecule has 0 aliphatic heterocycles. The highest BCUT2D eigenvalue weighted by Crippen LogP contribution is 2.32. The lowest BCUT2D eigenvalue weighted by atomic mass is 10.1. The van der Waals surface area contributed by atoms with Crippen molar-refractivity contribution in [1.29, 1.82) is 0 Å². The number of methoxy groups -OCH3 is 1. The minimum absolute atomic E-state index is 0.381. The van der Waals surface area contributed by atoms with Crippen molar-refractivity contribution in [3.05, 3.63) is 29.1 Å². The number of nitrogens with two attached hydrogens (primary N) is 1. The standard InChI is InChI=1S/C12H13N3O2S2/c1-6-4-8(18-12-14-7(2)15-19-12)5-9(10(6)13)11(16)17-3/h4-5H,13H2,1-3H3. The average molecular weight is 295 g/mol. The molecule has 0 unspecified atom stereocenters. The minimum Gasteiger partial charge on any atom is -0.465 e. The predicted octanol–water partition coefficient (Wildman–Crippen LogP) is 2.67. The lowest BCUT2D eigenvalue weighted by Gasteiger charge is -2.09. The van der Waals surface area contributed by atoms with E-state index < -0.39 is 5.97 Å². The van der Waals surface area contributed by atoms with Gasteiger partial charge in [-0.05, 0) is 43.1 Å². The van der Waals surface area contributed by atoms with E-state index in [0.717, 1.165) is 20.6 Å². The van der Waals surface area contributed by atoms with Gasteiger partial charge in [-0.3, -0.25) is 0 Å². The molecule has 0 atom stereocenters. The van der Waals surface area contributed by atoms with Gasteiger partial charge in [-0.2, -0.15) is 4.37 Å². The van der Waals surface area contributed by atoms with Gasteiger partial charge in [0.05, 0.1) is 12.7 Å². The summed E-state index contributed by atoms with van der Waals surface area (Å²) in [6, 6.07) is 3.64. The van der Waals surface area contributed by atoms with Crippen molar-refractivity contribution in [3.63, 3.8) is 0 Å². The number of carbonyl (C=O) groups excluding carboxylic acids is 1. The Bertz CT molecular complexity index is 625. The van der Waals surface area contributed by atoms with E-state index in [1.807, 2.05) is 19.9 Å². The number of hydrogen-bond donors (Lipinski definition) is 1. The van der Waals surface area contributed by atoms with E-state index in [1.54, 1.807) is 6.07 Å². The van der Waals surface area contributed by atoms with Crippen LogP contribution in [0.4, 0.5) is 5.69 Å². The highest BCUT2D eigenvalue weighted by Gasteiger charge is 2.14. The maximum absolute atomic E-state index is 11.7. The molecule has 0 amide bonds. The van der Waals surface area contributed by atoms with Crippen molar-refractivity contribution >= 4 is 35.0 Å². The van der Waals surface area contributed by atoms with Gasteiger partial charge in [-0.15, -0.1) is 0 Å². The number of benzene rings is 1. The average Bonchev–Trinajstić information content (AvgIpc) is 2.78. The Labute approximate surface area is 119 Å². The van der Waals surface area contributed by atoms with Crippen molar-refractivity contribution in [3.8, 4) is 0 Å². The van der Waals surface area contributed by atoms with Crippen molar-refractivity contribution < 1.29 is 9.53 Å². The SMILES string of the molecule is COC(=O)c1cc(Sc2nc(C)ns2)cc(C)c1N. The van der Waals surface area contributed by atoms with Crippen LogP contribution in [0.2, 0.25) is 0 Å². The molecule has 0 radical (unpaired) electrons. The van der Waals surface area contributed by atoms with Crippen molar-refractivity contribution in [2.75, 3.05) is 12.8 Å². The third kappa shape index (κ3) is 3.05. The zero-order chi connectivity index (χ0) is 14.0. The Morgan fingerprint density at radius 2 is 2.16 bits per heavy atom. The molecule has 0 spiro atoms. The summed E-state index contributed by atoms with van der Waals surface area (Å²) in [5, 5.41) is 0. The molecule has 1 heterocycles. The van der Waals surface area contributed by atoms with Gasteiger partial charge >= 0.3 is 5.97 Å². The highest BCUT2D eigenvalue weighted by molar-refractivity contribution is 8.01. The molecule has 0 bridgehead atoms. The van der Waals surface area contributed by atoms with E-state index in [0.29, 0.717) is 11.3 Å². The van der Waals surface area contributed by atoms with E-state index in [2.05, 4.69) is 9.36 Å². The topological polar surface area (TPSA) is 78.1 Å². The highest BCUT2D eigenvalue weighted by atomic mass is 32.2. The van der Waals surface area contributed by atoms with Gasteiger partial charge in [0.2, 0.25) is 0 Å². The molecule has 2 aromatic rings. The van der Waals surface area contributed by atoms with Crippen molar-refractivity contribution in [1.82, 2.24) is 9.36 Å². The first-order valence-electron chi connectivity index (χ1n) is 5.48. The number of ether oxygens (including phenoxy) is 1. The number of anilines is 1. The minimum atomic E-state index is -0.434. The van der Waals surface area contributed by atoms with Crippen LogP contribution < -0.4 is 5.73 Å². The van der Waals surface area contributed by atoms with E-state index in [9.17, 15) is 4.79 Å². The van der Waals surface area contributed by atoms with Crippen molar-refractivity contribution in [2.24, 2.45) is 0 Å². The normalized spacial score (nSPS) is 10.5. The van der Waals surface area contributed by atoms with E-state index >= 15 is 0 Å². The Hall–Kier alpha value is -1.60. The molecular formula is C12H13N3O2S2. The Morgan fingerprint density at radius 3 is 2.74 bits per heavy atom. The summed E-state index contributed by atoms with van der Waals surface area (Å²) in [5.74, 6) is 0.310. The van der Waals surface area contributed by atoms with E-state index in [1.165, 1.54) is 30.4 Å². The molecule has 1 aromatic carbocycles. The molecule has 0 aliphatic carbocycles. The van der Waals surface area contributed by atoms with Crippen LogP contribution in [0.15, 0.2) is 21.4 Å². The summed E-state index contributed by atoms with van der Waals surface area (Å²) in [6.07, 6.45) is 0. The Morgan fingerprint density at radius 1 is 1.42 bits per heavy atom. The fourth-order valence-corrected chi connectivity index (χ4v) is 3.29. The molecule has 0 saturated heterocycles. The quantitative estimate of drug-likeness (QED) is 0.693. The van der Waals surface area contributed by atoms with Gasteiger partial charge in [0.25, 0.3) is 0 Å². The summed E-state index contributed by atoms with van der Waals surface area (Å²) >= 11 is 2.78. The summed E-state index contributed by atoms with van der Waals surface area (Å²) in [6.45, 7) is 3.70.